The number of aldehydes is 1. The monoisotopic (exact) mass is 182 g/mol. The zero-order valence-electron chi connectivity index (χ0n) is 6.79. The fraction of sp³-hybridized carbons (Fsp3) is 0.300. The molecule has 0 aliphatic rings. The van der Waals surface area contributed by atoms with Crippen LogP contribution in [0.3, 0.4) is 0 Å². The molecule has 0 saturated carbocycles. The lowest BCUT2D eigenvalue weighted by molar-refractivity contribution is 0.112. The van der Waals surface area contributed by atoms with Crippen LogP contribution in [0.4, 0.5) is 0 Å². The van der Waals surface area contributed by atoms with E-state index in [1.54, 1.807) is 0 Å². The second-order valence-electron chi connectivity index (χ2n) is 2.61. The topological polar surface area (TPSA) is 17.1 Å². The third kappa shape index (κ3) is 2.35. The summed E-state index contributed by atoms with van der Waals surface area (Å²) in [5.41, 5.74) is 1.87. The van der Waals surface area contributed by atoms with Crippen molar-refractivity contribution in [2.24, 2.45) is 0 Å². The molecule has 0 fully saturated rings. The highest BCUT2D eigenvalue weighted by molar-refractivity contribution is 6.17. The van der Waals surface area contributed by atoms with Crippen LogP contribution < -0.4 is 0 Å². The van der Waals surface area contributed by atoms with Crippen LogP contribution in [0.25, 0.3) is 0 Å². The van der Waals surface area contributed by atoms with Crippen molar-refractivity contribution in [1.82, 2.24) is 0 Å². The highest BCUT2D eigenvalue weighted by Crippen LogP contribution is 2.08. The summed E-state index contributed by atoms with van der Waals surface area (Å²) in [5, 5.41) is 0. The van der Waals surface area contributed by atoms with Crippen LogP contribution in [-0.4, -0.2) is 12.2 Å². The van der Waals surface area contributed by atoms with Crippen LogP contribution in [0, 0.1) is 0 Å². The van der Waals surface area contributed by atoms with E-state index in [2.05, 4.69) is 0 Å². The number of hydrogen-bond acceptors (Lipinski definition) is 1. The number of benzene rings is 1. The van der Waals surface area contributed by atoms with Crippen molar-refractivity contribution >= 4 is 17.9 Å². The molecular formula is C10H11ClO. The van der Waals surface area contributed by atoms with Crippen molar-refractivity contribution in [3.8, 4) is 0 Å². The molecule has 0 N–H and O–H groups in total. The average molecular weight is 183 g/mol. The van der Waals surface area contributed by atoms with E-state index >= 15 is 0 Å². The number of rotatable bonds is 4. The molecule has 0 radical (unpaired) electrons. The largest absolute Gasteiger partial charge is 0.298 e. The van der Waals surface area contributed by atoms with E-state index in [-0.39, 0.29) is 0 Å². The van der Waals surface area contributed by atoms with Crippen LogP contribution in [0.2, 0.25) is 0 Å². The highest BCUT2D eigenvalue weighted by Gasteiger charge is 1.98. The van der Waals surface area contributed by atoms with Crippen LogP contribution >= 0.6 is 11.6 Å². The summed E-state index contributed by atoms with van der Waals surface area (Å²) in [6.45, 7) is 0. The van der Waals surface area contributed by atoms with E-state index in [1.165, 1.54) is 0 Å². The third-order valence-corrected chi connectivity index (χ3v) is 2.03. The van der Waals surface area contributed by atoms with Crippen molar-refractivity contribution in [2.75, 3.05) is 5.88 Å². The van der Waals surface area contributed by atoms with E-state index in [1.807, 2.05) is 24.3 Å². The van der Waals surface area contributed by atoms with Gasteiger partial charge in [-0.15, -0.1) is 11.6 Å². The van der Waals surface area contributed by atoms with Crippen molar-refractivity contribution < 1.29 is 4.79 Å². The molecule has 12 heavy (non-hydrogen) atoms. The number of alkyl halides is 1. The van der Waals surface area contributed by atoms with E-state index in [0.717, 1.165) is 30.3 Å². The number of aryl methyl sites for hydroxylation is 1. The summed E-state index contributed by atoms with van der Waals surface area (Å²) in [6, 6.07) is 7.61. The third-order valence-electron chi connectivity index (χ3n) is 1.76. The summed E-state index contributed by atoms with van der Waals surface area (Å²) < 4.78 is 0. The predicted octanol–water partition coefficient (Wildman–Crippen LogP) is 2.67. The molecule has 0 spiro atoms. The lowest BCUT2D eigenvalue weighted by Gasteiger charge is -2.01. The molecule has 1 nitrogen and oxygen atoms in total. The van der Waals surface area contributed by atoms with Crippen LogP contribution in [0.1, 0.15) is 22.3 Å². The summed E-state index contributed by atoms with van der Waals surface area (Å²) in [5.74, 6) is 0.646. The molecule has 1 rings (SSSR count). The summed E-state index contributed by atoms with van der Waals surface area (Å²) in [7, 11) is 0. The van der Waals surface area contributed by atoms with Crippen LogP contribution in [0.15, 0.2) is 24.3 Å². The minimum Gasteiger partial charge on any atom is -0.298 e. The lowest BCUT2D eigenvalue weighted by atomic mass is 10.0. The molecule has 0 unspecified atom stereocenters. The number of carbonyl (C=O) groups is 1. The molecule has 0 aliphatic carbocycles. The van der Waals surface area contributed by atoms with Gasteiger partial charge in [0.15, 0.2) is 0 Å². The Hall–Kier alpha value is -0.820. The van der Waals surface area contributed by atoms with Crippen LogP contribution in [0.5, 0.6) is 0 Å². The van der Waals surface area contributed by atoms with E-state index in [4.69, 9.17) is 11.6 Å². The first-order valence-corrected chi connectivity index (χ1v) is 4.51. The number of halogens is 1. The first-order chi connectivity index (χ1) is 5.88. The molecule has 0 atom stereocenters. The SMILES string of the molecule is O=Cc1ccccc1CCCCl. The van der Waals surface area contributed by atoms with E-state index in [0.29, 0.717) is 5.88 Å². The summed E-state index contributed by atoms with van der Waals surface area (Å²) >= 11 is 5.56. The predicted molar refractivity (Wildman–Crippen MR) is 50.9 cm³/mol. The molecule has 1 aromatic rings. The maximum atomic E-state index is 10.6. The first kappa shape index (κ1) is 9.27. The highest BCUT2D eigenvalue weighted by atomic mass is 35.5. The van der Waals surface area contributed by atoms with Crippen molar-refractivity contribution in [1.29, 1.82) is 0 Å². The maximum absolute atomic E-state index is 10.6. The minimum atomic E-state index is 0.646. The number of carbonyl (C=O) groups excluding carboxylic acids is 1. The molecule has 64 valence electrons. The Morgan fingerprint density at radius 2 is 2.08 bits per heavy atom. The van der Waals surface area contributed by atoms with Gasteiger partial charge in [0.05, 0.1) is 0 Å². The molecule has 0 amide bonds. The van der Waals surface area contributed by atoms with Gasteiger partial charge in [-0.05, 0) is 18.4 Å². The second kappa shape index (κ2) is 4.94. The smallest absolute Gasteiger partial charge is 0.150 e. The first-order valence-electron chi connectivity index (χ1n) is 3.97. The Kier molecular flexibility index (Phi) is 3.81. The molecule has 1 aromatic carbocycles. The Balaban J connectivity index is 2.75. The molecular weight excluding hydrogens is 172 g/mol. The quantitative estimate of drug-likeness (QED) is 0.517. The lowest BCUT2D eigenvalue weighted by Crippen LogP contribution is -1.92. The Morgan fingerprint density at radius 1 is 1.33 bits per heavy atom. The van der Waals surface area contributed by atoms with Crippen LogP contribution in [-0.2, 0) is 6.42 Å². The molecule has 0 heterocycles. The van der Waals surface area contributed by atoms with Gasteiger partial charge in [-0.2, -0.15) is 0 Å². The normalized spacial score (nSPS) is 9.75. The molecule has 0 aromatic heterocycles. The van der Waals surface area contributed by atoms with Gasteiger partial charge >= 0.3 is 0 Å². The zero-order valence-corrected chi connectivity index (χ0v) is 7.55. The standard InChI is InChI=1S/C10H11ClO/c11-7-3-6-9-4-1-2-5-10(9)8-12/h1-2,4-5,8H,3,6-7H2. The van der Waals surface area contributed by atoms with Gasteiger partial charge in [0.25, 0.3) is 0 Å². The van der Waals surface area contributed by atoms with Gasteiger partial charge in [-0.1, -0.05) is 24.3 Å². The molecule has 0 bridgehead atoms. The van der Waals surface area contributed by atoms with Gasteiger partial charge < -0.3 is 0 Å². The zero-order chi connectivity index (χ0) is 8.81. The van der Waals surface area contributed by atoms with E-state index < -0.39 is 0 Å². The van der Waals surface area contributed by atoms with Gasteiger partial charge in [0.2, 0.25) is 0 Å². The fourth-order valence-corrected chi connectivity index (χ4v) is 1.27. The van der Waals surface area contributed by atoms with Gasteiger partial charge in [0.1, 0.15) is 6.29 Å². The van der Waals surface area contributed by atoms with Crippen molar-refractivity contribution in [2.45, 2.75) is 12.8 Å². The van der Waals surface area contributed by atoms with Gasteiger partial charge in [0, 0.05) is 11.4 Å². The fourth-order valence-electron chi connectivity index (χ4n) is 1.13. The minimum absolute atomic E-state index is 0.646. The summed E-state index contributed by atoms with van der Waals surface area (Å²) in [6.07, 6.45) is 2.70. The van der Waals surface area contributed by atoms with Gasteiger partial charge in [-0.3, -0.25) is 4.79 Å². The maximum Gasteiger partial charge on any atom is 0.150 e. The van der Waals surface area contributed by atoms with E-state index in [9.17, 15) is 4.79 Å². The second-order valence-corrected chi connectivity index (χ2v) is 2.99. The Bertz CT molecular complexity index is 258. The van der Waals surface area contributed by atoms with Crippen molar-refractivity contribution in [3.63, 3.8) is 0 Å². The Morgan fingerprint density at radius 3 is 2.75 bits per heavy atom. The molecule has 0 aliphatic heterocycles. The Labute approximate surface area is 77.4 Å². The number of hydrogen-bond donors (Lipinski definition) is 0. The summed E-state index contributed by atoms with van der Waals surface area (Å²) in [4.78, 5) is 10.6. The van der Waals surface area contributed by atoms with Crippen molar-refractivity contribution in [3.05, 3.63) is 35.4 Å². The molecule has 0 saturated heterocycles. The van der Waals surface area contributed by atoms with Gasteiger partial charge in [-0.25, -0.2) is 0 Å². The average Bonchev–Trinajstić information content (AvgIpc) is 2.15. The molecule has 2 heteroatoms.